The van der Waals surface area contributed by atoms with Crippen molar-refractivity contribution >= 4 is 11.8 Å². The molecule has 2 aromatic carbocycles. The molecule has 2 N–H and O–H groups in total. The summed E-state index contributed by atoms with van der Waals surface area (Å²) >= 11 is 0. The first-order valence-corrected chi connectivity index (χ1v) is 8.44. The molecule has 0 aliphatic carbocycles. The molecule has 0 saturated carbocycles. The van der Waals surface area contributed by atoms with Crippen molar-refractivity contribution in [2.24, 2.45) is 5.92 Å². The number of ketones is 1. The summed E-state index contributed by atoms with van der Waals surface area (Å²) in [5, 5.41) is 19.8. The molecule has 1 unspecified atom stereocenters. The van der Waals surface area contributed by atoms with Gasteiger partial charge in [-0.15, -0.1) is 0 Å². The zero-order valence-electron chi connectivity index (χ0n) is 14.5. The fraction of sp³-hybridized carbons (Fsp3) is 0.300. The van der Waals surface area contributed by atoms with Crippen LogP contribution in [-0.2, 0) is 9.53 Å². The number of benzene rings is 2. The Balaban J connectivity index is 2.05. The average molecular weight is 356 g/mol. The molecule has 2 aromatic rings. The second-order valence-electron chi connectivity index (χ2n) is 6.32. The molecule has 0 fully saturated rings. The molecule has 6 nitrogen and oxygen atoms in total. The van der Waals surface area contributed by atoms with Crippen LogP contribution < -0.4 is 4.74 Å². The van der Waals surface area contributed by atoms with Crippen molar-refractivity contribution in [1.29, 1.82) is 0 Å². The molecule has 1 aliphatic heterocycles. The number of Topliss-reactive ketones (excluding diaryl/α,β-unsaturated/α-hetero) is 1. The number of carbonyl (C=O) groups excluding carboxylic acids is 2. The lowest BCUT2D eigenvalue weighted by Gasteiger charge is -2.33. The maximum atomic E-state index is 13.0. The highest BCUT2D eigenvalue weighted by Crippen LogP contribution is 2.42. The van der Waals surface area contributed by atoms with E-state index in [-0.39, 0.29) is 23.0 Å². The van der Waals surface area contributed by atoms with E-state index < -0.39 is 29.7 Å². The van der Waals surface area contributed by atoms with Crippen molar-refractivity contribution in [3.8, 4) is 17.2 Å². The van der Waals surface area contributed by atoms with Gasteiger partial charge in [-0.3, -0.25) is 9.59 Å². The zero-order chi connectivity index (χ0) is 18.8. The van der Waals surface area contributed by atoms with Gasteiger partial charge in [-0.25, -0.2) is 0 Å². The van der Waals surface area contributed by atoms with E-state index in [9.17, 15) is 19.8 Å². The summed E-state index contributed by atoms with van der Waals surface area (Å²) in [5.74, 6) is -2.02. The van der Waals surface area contributed by atoms with Crippen LogP contribution in [0, 0.1) is 5.92 Å². The molecule has 1 aliphatic rings. The van der Waals surface area contributed by atoms with E-state index in [0.29, 0.717) is 12.0 Å². The lowest BCUT2D eigenvalue weighted by Crippen LogP contribution is -2.40. The quantitative estimate of drug-likeness (QED) is 0.816. The van der Waals surface area contributed by atoms with E-state index in [1.165, 1.54) is 6.07 Å². The molecule has 0 amide bonds. The Morgan fingerprint density at radius 1 is 1.23 bits per heavy atom. The number of fused-ring (bicyclic) bond motifs is 1. The summed E-state index contributed by atoms with van der Waals surface area (Å²) in [5.41, 5.74) is 0.549. The van der Waals surface area contributed by atoms with Crippen LogP contribution >= 0.6 is 0 Å². The first-order chi connectivity index (χ1) is 12.4. The van der Waals surface area contributed by atoms with Crippen molar-refractivity contribution in [2.45, 2.75) is 32.5 Å². The Hall–Kier alpha value is -3.02. The van der Waals surface area contributed by atoms with Crippen LogP contribution in [-0.4, -0.2) is 28.1 Å². The molecule has 0 saturated heterocycles. The zero-order valence-corrected chi connectivity index (χ0v) is 14.5. The van der Waals surface area contributed by atoms with Gasteiger partial charge < -0.3 is 19.7 Å². The van der Waals surface area contributed by atoms with Gasteiger partial charge in [0.2, 0.25) is 11.9 Å². The third kappa shape index (κ3) is 3.22. The Morgan fingerprint density at radius 3 is 2.58 bits per heavy atom. The van der Waals surface area contributed by atoms with Gasteiger partial charge in [0.05, 0.1) is 5.92 Å². The number of phenols is 2. The van der Waals surface area contributed by atoms with Gasteiger partial charge >= 0.3 is 5.97 Å². The van der Waals surface area contributed by atoms with Crippen molar-refractivity contribution in [2.75, 3.05) is 0 Å². The van der Waals surface area contributed by atoms with Gasteiger partial charge in [-0.2, -0.15) is 0 Å². The van der Waals surface area contributed by atoms with Gasteiger partial charge in [-0.05, 0) is 12.0 Å². The summed E-state index contributed by atoms with van der Waals surface area (Å²) in [6.07, 6.45) is -1.51. The molecule has 3 atom stereocenters. The lowest BCUT2D eigenvalue weighted by atomic mass is 9.92. The fourth-order valence-electron chi connectivity index (χ4n) is 2.81. The number of aromatic hydroxyl groups is 2. The number of ether oxygens (including phenoxy) is 2. The molecular formula is C20H20O6. The van der Waals surface area contributed by atoms with E-state index >= 15 is 0 Å². The molecule has 136 valence electrons. The Kier molecular flexibility index (Phi) is 4.84. The van der Waals surface area contributed by atoms with Gasteiger partial charge in [0.1, 0.15) is 22.8 Å². The Bertz CT molecular complexity index is 830. The maximum absolute atomic E-state index is 13.0. The number of carbonyl (C=O) groups is 2. The molecule has 6 heteroatoms. The molecule has 0 aromatic heterocycles. The molecule has 26 heavy (non-hydrogen) atoms. The number of hydrogen-bond acceptors (Lipinski definition) is 6. The third-order valence-electron chi connectivity index (χ3n) is 4.49. The minimum Gasteiger partial charge on any atom is -0.508 e. The highest BCUT2D eigenvalue weighted by molar-refractivity contribution is 6.06. The Labute approximate surface area is 151 Å². The van der Waals surface area contributed by atoms with Crippen LogP contribution in [0.5, 0.6) is 17.2 Å². The number of hydrogen-bond donors (Lipinski definition) is 2. The number of rotatable bonds is 4. The smallest absolute Gasteiger partial charge is 0.309 e. The second-order valence-corrected chi connectivity index (χ2v) is 6.32. The van der Waals surface area contributed by atoms with Crippen LogP contribution in [0.4, 0.5) is 0 Å². The van der Waals surface area contributed by atoms with E-state index in [1.807, 2.05) is 13.0 Å². The molecule has 1 heterocycles. The van der Waals surface area contributed by atoms with Crippen LogP contribution in [0.25, 0.3) is 0 Å². The van der Waals surface area contributed by atoms with Crippen LogP contribution in [0.3, 0.4) is 0 Å². The summed E-state index contributed by atoms with van der Waals surface area (Å²) in [6, 6.07) is 11.2. The first kappa shape index (κ1) is 17.8. The normalized spacial score (nSPS) is 20.0. The largest absolute Gasteiger partial charge is 0.508 e. The molecule has 3 rings (SSSR count). The van der Waals surface area contributed by atoms with Crippen molar-refractivity contribution in [3.63, 3.8) is 0 Å². The first-order valence-electron chi connectivity index (χ1n) is 8.44. The minimum absolute atomic E-state index is 0.0530. The summed E-state index contributed by atoms with van der Waals surface area (Å²) in [4.78, 5) is 25.3. The van der Waals surface area contributed by atoms with Crippen LogP contribution in [0.1, 0.15) is 42.3 Å². The van der Waals surface area contributed by atoms with E-state index in [0.717, 1.165) is 6.07 Å². The average Bonchev–Trinajstić information content (AvgIpc) is 2.63. The monoisotopic (exact) mass is 356 g/mol. The SMILES string of the molecule is CCC(C)C(=O)O[C@H]1C(=O)c2c(O)cc(O)cc2O[C@@H]1c1ccccc1. The maximum Gasteiger partial charge on any atom is 0.309 e. The van der Waals surface area contributed by atoms with Crippen molar-refractivity contribution in [1.82, 2.24) is 0 Å². The van der Waals surface area contributed by atoms with E-state index in [2.05, 4.69) is 0 Å². The number of esters is 1. The topological polar surface area (TPSA) is 93.1 Å². The van der Waals surface area contributed by atoms with Gasteiger partial charge in [-0.1, -0.05) is 44.2 Å². The summed E-state index contributed by atoms with van der Waals surface area (Å²) in [6.45, 7) is 3.57. The second kappa shape index (κ2) is 7.07. The molecule has 0 bridgehead atoms. The van der Waals surface area contributed by atoms with Crippen molar-refractivity contribution in [3.05, 3.63) is 53.6 Å². The number of phenolic OH excluding ortho intramolecular Hbond substituents is 2. The van der Waals surface area contributed by atoms with E-state index in [1.54, 1.807) is 31.2 Å². The van der Waals surface area contributed by atoms with E-state index in [4.69, 9.17) is 9.47 Å². The highest BCUT2D eigenvalue weighted by Gasteiger charge is 2.43. The minimum atomic E-state index is -1.22. The molecule has 0 radical (unpaired) electrons. The van der Waals surface area contributed by atoms with Gasteiger partial charge in [0, 0.05) is 12.1 Å². The summed E-state index contributed by atoms with van der Waals surface area (Å²) < 4.78 is 11.3. The molecular weight excluding hydrogens is 336 g/mol. The van der Waals surface area contributed by atoms with Crippen LogP contribution in [0.15, 0.2) is 42.5 Å². The van der Waals surface area contributed by atoms with Crippen LogP contribution in [0.2, 0.25) is 0 Å². The van der Waals surface area contributed by atoms with Gasteiger partial charge in [0.15, 0.2) is 6.10 Å². The Morgan fingerprint density at radius 2 is 1.92 bits per heavy atom. The fourth-order valence-corrected chi connectivity index (χ4v) is 2.81. The standard InChI is InChI=1S/C20H20O6/c1-3-11(2)20(24)26-19-17(23)16-14(22)9-13(21)10-15(16)25-18(19)12-7-5-4-6-8-12/h4-11,18-19,21-22H,3H2,1-2H3/t11?,18-,19+/m1/s1. The predicted octanol–water partition coefficient (Wildman–Crippen LogP) is 3.37. The lowest BCUT2D eigenvalue weighted by molar-refractivity contribution is -0.156. The van der Waals surface area contributed by atoms with Crippen molar-refractivity contribution < 1.29 is 29.3 Å². The predicted molar refractivity (Wildman–Crippen MR) is 93.2 cm³/mol. The molecule has 0 spiro atoms. The van der Waals surface area contributed by atoms with Gasteiger partial charge in [0.25, 0.3) is 0 Å². The summed E-state index contributed by atoms with van der Waals surface area (Å²) in [7, 11) is 0. The highest BCUT2D eigenvalue weighted by atomic mass is 16.6. The third-order valence-corrected chi connectivity index (χ3v) is 4.49.